The van der Waals surface area contributed by atoms with Crippen molar-refractivity contribution < 1.29 is 5.11 Å². The van der Waals surface area contributed by atoms with Crippen molar-refractivity contribution in [2.24, 2.45) is 0 Å². The van der Waals surface area contributed by atoms with Crippen LogP contribution in [0, 0.1) is 6.92 Å². The summed E-state index contributed by atoms with van der Waals surface area (Å²) in [6.07, 6.45) is 2.21. The van der Waals surface area contributed by atoms with Crippen molar-refractivity contribution in [2.75, 3.05) is 0 Å². The Labute approximate surface area is 163 Å². The van der Waals surface area contributed by atoms with Gasteiger partial charge in [0.05, 0.1) is 0 Å². The maximum Gasteiger partial charge on any atom is 0.123 e. The largest absolute Gasteiger partial charge is 0.507 e. The van der Waals surface area contributed by atoms with Crippen LogP contribution in [-0.4, -0.2) is 5.11 Å². The molecule has 0 amide bonds. The molecule has 0 saturated heterocycles. The molecule has 0 atom stereocenters. The zero-order valence-corrected chi connectivity index (χ0v) is 15.8. The number of rotatable bonds is 1. The van der Waals surface area contributed by atoms with Crippen LogP contribution in [0.25, 0.3) is 43.4 Å². The van der Waals surface area contributed by atoms with Gasteiger partial charge in [-0.05, 0) is 92.5 Å². The zero-order valence-electron chi connectivity index (χ0n) is 15.8. The number of phenols is 1. The Morgan fingerprint density at radius 3 is 2.25 bits per heavy atom. The molecular formula is C27H20O. The van der Waals surface area contributed by atoms with Crippen molar-refractivity contribution in [3.63, 3.8) is 0 Å². The van der Waals surface area contributed by atoms with Crippen LogP contribution in [0.1, 0.15) is 16.7 Å². The van der Waals surface area contributed by atoms with Gasteiger partial charge in [-0.1, -0.05) is 54.6 Å². The maximum absolute atomic E-state index is 10.5. The topological polar surface area (TPSA) is 20.2 Å². The maximum atomic E-state index is 10.5. The number of benzene rings is 5. The summed E-state index contributed by atoms with van der Waals surface area (Å²) >= 11 is 0. The van der Waals surface area contributed by atoms with Crippen molar-refractivity contribution in [3.05, 3.63) is 89.5 Å². The fourth-order valence-electron chi connectivity index (χ4n) is 5.10. The lowest BCUT2D eigenvalue weighted by atomic mass is 9.89. The van der Waals surface area contributed by atoms with E-state index >= 15 is 0 Å². The number of para-hydroxylation sites is 1. The van der Waals surface area contributed by atoms with E-state index in [9.17, 15) is 5.11 Å². The van der Waals surface area contributed by atoms with Crippen molar-refractivity contribution in [1.29, 1.82) is 0 Å². The Morgan fingerprint density at radius 2 is 1.39 bits per heavy atom. The van der Waals surface area contributed by atoms with Crippen LogP contribution < -0.4 is 0 Å². The number of aryl methyl sites for hydroxylation is 3. The molecule has 1 nitrogen and oxygen atoms in total. The second-order valence-corrected chi connectivity index (χ2v) is 7.90. The molecule has 5 aromatic carbocycles. The van der Waals surface area contributed by atoms with Gasteiger partial charge in [-0.2, -0.15) is 0 Å². The Hall–Kier alpha value is -3.32. The highest BCUT2D eigenvalue weighted by Gasteiger charge is 2.21. The third kappa shape index (κ3) is 2.02. The lowest BCUT2D eigenvalue weighted by Crippen LogP contribution is -1.90. The summed E-state index contributed by atoms with van der Waals surface area (Å²) in [4.78, 5) is 0. The zero-order chi connectivity index (χ0) is 18.8. The molecule has 0 bridgehead atoms. The SMILES string of the molecule is Cc1ccc2cc3c(cc(-c4ccccc4O)c4ccccc43)c3c2c1CC3. The molecule has 0 radical (unpaired) electrons. The molecule has 134 valence electrons. The van der Waals surface area contributed by atoms with E-state index in [0.29, 0.717) is 5.75 Å². The summed E-state index contributed by atoms with van der Waals surface area (Å²) < 4.78 is 0. The molecule has 5 aromatic rings. The summed E-state index contributed by atoms with van der Waals surface area (Å²) in [5, 5.41) is 18.4. The van der Waals surface area contributed by atoms with Crippen molar-refractivity contribution in [1.82, 2.24) is 0 Å². The van der Waals surface area contributed by atoms with Crippen LogP contribution in [0.15, 0.2) is 72.8 Å². The summed E-state index contributed by atoms with van der Waals surface area (Å²) in [5.74, 6) is 0.334. The number of hydrogen-bond acceptors (Lipinski definition) is 1. The van der Waals surface area contributed by atoms with Gasteiger partial charge < -0.3 is 5.11 Å². The Bertz CT molecular complexity index is 1430. The first-order valence-corrected chi connectivity index (χ1v) is 9.90. The van der Waals surface area contributed by atoms with Gasteiger partial charge in [-0.3, -0.25) is 0 Å². The monoisotopic (exact) mass is 360 g/mol. The van der Waals surface area contributed by atoms with Gasteiger partial charge >= 0.3 is 0 Å². The molecule has 28 heavy (non-hydrogen) atoms. The Kier molecular flexibility index (Phi) is 3.14. The molecule has 6 rings (SSSR count). The highest BCUT2D eigenvalue weighted by atomic mass is 16.3. The molecule has 1 aliphatic rings. The van der Waals surface area contributed by atoms with E-state index < -0.39 is 0 Å². The fraction of sp³-hybridized carbons (Fsp3) is 0.111. The van der Waals surface area contributed by atoms with E-state index in [2.05, 4.69) is 55.5 Å². The molecule has 0 aliphatic heterocycles. The van der Waals surface area contributed by atoms with Gasteiger partial charge in [0.2, 0.25) is 0 Å². The normalized spacial score (nSPS) is 13.0. The molecule has 1 heteroatoms. The minimum Gasteiger partial charge on any atom is -0.507 e. The predicted molar refractivity (Wildman–Crippen MR) is 118 cm³/mol. The minimum absolute atomic E-state index is 0.334. The number of aromatic hydroxyl groups is 1. The van der Waals surface area contributed by atoms with Crippen LogP contribution >= 0.6 is 0 Å². The summed E-state index contributed by atoms with van der Waals surface area (Å²) in [6.45, 7) is 2.22. The van der Waals surface area contributed by atoms with Crippen LogP contribution in [0.4, 0.5) is 0 Å². The van der Waals surface area contributed by atoms with Crippen LogP contribution in [0.3, 0.4) is 0 Å². The van der Waals surface area contributed by atoms with Gasteiger partial charge in [-0.15, -0.1) is 0 Å². The van der Waals surface area contributed by atoms with Crippen LogP contribution in [0.2, 0.25) is 0 Å². The van der Waals surface area contributed by atoms with Gasteiger partial charge in [0, 0.05) is 5.56 Å². The van der Waals surface area contributed by atoms with Crippen LogP contribution in [0.5, 0.6) is 5.75 Å². The number of phenolic OH excluding ortho intramolecular Hbond substituents is 1. The van der Waals surface area contributed by atoms with Crippen LogP contribution in [-0.2, 0) is 12.8 Å². The van der Waals surface area contributed by atoms with Crippen molar-refractivity contribution in [3.8, 4) is 16.9 Å². The lowest BCUT2D eigenvalue weighted by molar-refractivity contribution is 0.477. The molecule has 1 N–H and O–H groups in total. The van der Waals surface area contributed by atoms with E-state index in [4.69, 9.17) is 0 Å². The van der Waals surface area contributed by atoms with E-state index in [1.807, 2.05) is 18.2 Å². The lowest BCUT2D eigenvalue weighted by Gasteiger charge is -2.15. The predicted octanol–water partition coefficient (Wildman–Crippen LogP) is 6.93. The van der Waals surface area contributed by atoms with Gasteiger partial charge in [0.25, 0.3) is 0 Å². The first-order valence-electron chi connectivity index (χ1n) is 9.90. The number of fused-ring (bicyclic) bond motifs is 4. The molecule has 0 saturated carbocycles. The second kappa shape index (κ2) is 5.59. The average molecular weight is 360 g/mol. The summed E-state index contributed by atoms with van der Waals surface area (Å²) in [6, 6.07) is 25.4. The van der Waals surface area contributed by atoms with Gasteiger partial charge in [0.15, 0.2) is 0 Å². The second-order valence-electron chi connectivity index (χ2n) is 7.90. The molecule has 0 spiro atoms. The highest BCUT2D eigenvalue weighted by molar-refractivity contribution is 6.19. The summed E-state index contributed by atoms with van der Waals surface area (Å²) in [5.41, 5.74) is 6.38. The Morgan fingerprint density at radius 1 is 0.643 bits per heavy atom. The van der Waals surface area contributed by atoms with Gasteiger partial charge in [0.1, 0.15) is 5.75 Å². The van der Waals surface area contributed by atoms with E-state index in [0.717, 1.165) is 24.0 Å². The third-order valence-corrected chi connectivity index (χ3v) is 6.41. The smallest absolute Gasteiger partial charge is 0.123 e. The molecule has 0 aromatic heterocycles. The van der Waals surface area contributed by atoms with Gasteiger partial charge in [-0.25, -0.2) is 0 Å². The number of hydrogen-bond donors (Lipinski definition) is 1. The van der Waals surface area contributed by atoms with E-state index in [-0.39, 0.29) is 0 Å². The Balaban J connectivity index is 1.85. The molecule has 0 unspecified atom stereocenters. The quantitative estimate of drug-likeness (QED) is 0.254. The first-order chi connectivity index (χ1) is 13.7. The fourth-order valence-corrected chi connectivity index (χ4v) is 5.10. The highest BCUT2D eigenvalue weighted by Crippen LogP contribution is 2.44. The molecule has 0 fully saturated rings. The third-order valence-electron chi connectivity index (χ3n) is 6.41. The molecule has 1 aliphatic carbocycles. The van der Waals surface area contributed by atoms with Crippen molar-refractivity contribution >= 4 is 32.3 Å². The van der Waals surface area contributed by atoms with E-state index in [1.165, 1.54) is 49.0 Å². The summed E-state index contributed by atoms with van der Waals surface area (Å²) in [7, 11) is 0. The average Bonchev–Trinajstić information content (AvgIpc) is 3.18. The van der Waals surface area contributed by atoms with E-state index in [1.54, 1.807) is 6.07 Å². The standard InChI is InChI=1S/C27H20O/c1-16-10-11-17-14-23-19-6-2-3-7-20(19)24(21-8-4-5-9-26(21)28)15-25(23)22-13-12-18(16)27(17)22/h2-11,14-15,28H,12-13H2,1H3. The molecular weight excluding hydrogens is 340 g/mol. The minimum atomic E-state index is 0.334. The molecule has 0 heterocycles. The van der Waals surface area contributed by atoms with Crippen molar-refractivity contribution in [2.45, 2.75) is 19.8 Å². The first kappa shape index (κ1) is 15.7.